The molecule has 0 aromatic heterocycles. The summed E-state index contributed by atoms with van der Waals surface area (Å²) in [4.78, 5) is 12.8. The Labute approximate surface area is 126 Å². The Bertz CT molecular complexity index is 425. The highest BCUT2D eigenvalue weighted by Crippen LogP contribution is 2.26. The summed E-state index contributed by atoms with van der Waals surface area (Å²) in [6, 6.07) is 5.71. The van der Waals surface area contributed by atoms with Crippen molar-refractivity contribution in [2.24, 2.45) is 0 Å². The molecule has 0 aliphatic heterocycles. The van der Waals surface area contributed by atoms with Gasteiger partial charge < -0.3 is 33.6 Å². The molecule has 1 amide bonds. The van der Waals surface area contributed by atoms with Crippen molar-refractivity contribution in [1.82, 2.24) is 9.38 Å². The van der Waals surface area contributed by atoms with Crippen molar-refractivity contribution in [3.63, 3.8) is 0 Å². The lowest BCUT2D eigenvalue weighted by molar-refractivity contribution is -0.00000909. The van der Waals surface area contributed by atoms with Gasteiger partial charge in [0.15, 0.2) is 0 Å². The van der Waals surface area contributed by atoms with Crippen LogP contribution in [0.1, 0.15) is 5.56 Å². The standard InChI is InChI=1S/C13H21N2O2.HI/c1-10-9-11(17-13(16)14(2)3)7-8-12(10)15(4,5)6;/h7-9H,1-6H3;1H/q+1;/p-1. The average molecular weight is 364 g/mol. The van der Waals surface area contributed by atoms with Crippen LogP contribution in [-0.2, 0) is 0 Å². The van der Waals surface area contributed by atoms with Crippen LogP contribution in [0.4, 0.5) is 10.5 Å². The van der Waals surface area contributed by atoms with Crippen LogP contribution in [0.25, 0.3) is 0 Å². The zero-order valence-corrected chi connectivity index (χ0v) is 14.0. The first kappa shape index (κ1) is 17.2. The molecular weight excluding hydrogens is 343 g/mol. The molecule has 0 saturated heterocycles. The molecule has 0 saturated carbocycles. The summed E-state index contributed by atoms with van der Waals surface area (Å²) in [5.41, 5.74) is 2.32. The number of halogens is 1. The number of nitrogens with zero attached hydrogens (tertiary/aromatic N) is 2. The summed E-state index contributed by atoms with van der Waals surface area (Å²) in [5, 5.41) is 0. The zero-order chi connectivity index (χ0) is 13.2. The Morgan fingerprint density at radius 2 is 1.78 bits per heavy atom. The normalized spacial score (nSPS) is 10.6. The van der Waals surface area contributed by atoms with E-state index >= 15 is 0 Å². The van der Waals surface area contributed by atoms with Gasteiger partial charge in [-0.1, -0.05) is 0 Å². The first-order valence-electron chi connectivity index (χ1n) is 5.53. The minimum Gasteiger partial charge on any atom is -1.00 e. The fourth-order valence-electron chi connectivity index (χ4n) is 1.64. The van der Waals surface area contributed by atoms with E-state index in [1.807, 2.05) is 25.1 Å². The van der Waals surface area contributed by atoms with Crippen molar-refractivity contribution in [1.29, 1.82) is 0 Å². The molecule has 0 radical (unpaired) electrons. The first-order valence-corrected chi connectivity index (χ1v) is 5.53. The van der Waals surface area contributed by atoms with Gasteiger partial charge in [0.2, 0.25) is 0 Å². The summed E-state index contributed by atoms with van der Waals surface area (Å²) >= 11 is 0. The van der Waals surface area contributed by atoms with Gasteiger partial charge in [0.1, 0.15) is 11.4 Å². The van der Waals surface area contributed by atoms with E-state index in [-0.39, 0.29) is 30.1 Å². The lowest BCUT2D eigenvalue weighted by Gasteiger charge is -2.25. The minimum absolute atomic E-state index is 0. The van der Waals surface area contributed by atoms with Crippen LogP contribution in [0.5, 0.6) is 5.75 Å². The topological polar surface area (TPSA) is 29.5 Å². The number of benzene rings is 1. The van der Waals surface area contributed by atoms with E-state index in [2.05, 4.69) is 21.1 Å². The summed E-state index contributed by atoms with van der Waals surface area (Å²) in [7, 11) is 9.64. The number of ether oxygens (including phenoxy) is 1. The molecule has 102 valence electrons. The van der Waals surface area contributed by atoms with Crippen LogP contribution >= 0.6 is 0 Å². The molecule has 0 aliphatic rings. The second-order valence-electron chi connectivity index (χ2n) is 5.22. The van der Waals surface area contributed by atoms with Gasteiger partial charge >= 0.3 is 6.09 Å². The van der Waals surface area contributed by atoms with Gasteiger partial charge in [0.05, 0.1) is 21.1 Å². The van der Waals surface area contributed by atoms with Gasteiger partial charge in [0, 0.05) is 25.7 Å². The van der Waals surface area contributed by atoms with Gasteiger partial charge in [-0.15, -0.1) is 0 Å². The second-order valence-corrected chi connectivity index (χ2v) is 5.22. The molecule has 0 fully saturated rings. The van der Waals surface area contributed by atoms with Crippen molar-refractivity contribution < 1.29 is 33.5 Å². The van der Waals surface area contributed by atoms with Crippen molar-refractivity contribution in [2.45, 2.75) is 6.92 Å². The van der Waals surface area contributed by atoms with E-state index in [1.165, 1.54) is 10.6 Å². The smallest absolute Gasteiger partial charge is 0.414 e. The van der Waals surface area contributed by atoms with Gasteiger partial charge in [-0.05, 0) is 19.1 Å². The van der Waals surface area contributed by atoms with Gasteiger partial charge in [0.25, 0.3) is 0 Å². The number of aryl methyl sites for hydroxylation is 1. The third-order valence-electron chi connectivity index (χ3n) is 2.46. The molecule has 0 aliphatic carbocycles. The van der Waals surface area contributed by atoms with Crippen molar-refractivity contribution in [2.75, 3.05) is 35.2 Å². The molecule has 1 aromatic carbocycles. The number of amides is 1. The molecule has 4 nitrogen and oxygen atoms in total. The highest BCUT2D eigenvalue weighted by molar-refractivity contribution is 5.70. The van der Waals surface area contributed by atoms with E-state index in [4.69, 9.17) is 4.74 Å². The third kappa shape index (κ3) is 4.45. The maximum Gasteiger partial charge on any atom is 0.414 e. The lowest BCUT2D eigenvalue weighted by Crippen LogP contribution is -3.00. The predicted octanol–water partition coefficient (Wildman–Crippen LogP) is -0.744. The molecule has 0 unspecified atom stereocenters. The van der Waals surface area contributed by atoms with Crippen LogP contribution < -0.4 is 33.2 Å². The molecule has 1 aromatic rings. The molecule has 0 spiro atoms. The van der Waals surface area contributed by atoms with Crippen LogP contribution in [0.2, 0.25) is 0 Å². The van der Waals surface area contributed by atoms with E-state index in [0.29, 0.717) is 5.75 Å². The molecule has 0 bridgehead atoms. The predicted molar refractivity (Wildman–Crippen MR) is 70.5 cm³/mol. The van der Waals surface area contributed by atoms with Crippen LogP contribution in [-0.4, -0.2) is 46.2 Å². The Balaban J connectivity index is 0.00000289. The van der Waals surface area contributed by atoms with Gasteiger partial charge in [-0.3, -0.25) is 4.48 Å². The minimum atomic E-state index is -0.359. The molecule has 0 heterocycles. The summed E-state index contributed by atoms with van der Waals surface area (Å²) in [6.45, 7) is 2.02. The maximum absolute atomic E-state index is 11.4. The SMILES string of the molecule is Cc1cc(OC(=O)N(C)C)ccc1[N+](C)(C)C.[I-]. The Hall–Kier alpha value is -0.820. The van der Waals surface area contributed by atoms with E-state index in [0.717, 1.165) is 10.0 Å². The molecule has 0 atom stereocenters. The van der Waals surface area contributed by atoms with Crippen molar-refractivity contribution in [3.05, 3.63) is 23.8 Å². The molecule has 18 heavy (non-hydrogen) atoms. The third-order valence-corrected chi connectivity index (χ3v) is 2.46. The highest BCUT2D eigenvalue weighted by Gasteiger charge is 2.16. The lowest BCUT2D eigenvalue weighted by atomic mass is 10.1. The Morgan fingerprint density at radius 1 is 1.22 bits per heavy atom. The van der Waals surface area contributed by atoms with Gasteiger partial charge in [-0.25, -0.2) is 4.79 Å². The summed E-state index contributed by atoms with van der Waals surface area (Å²) in [5.74, 6) is 0.582. The Morgan fingerprint density at radius 3 is 2.17 bits per heavy atom. The second kappa shape index (κ2) is 6.38. The maximum atomic E-state index is 11.4. The zero-order valence-electron chi connectivity index (χ0n) is 11.8. The average Bonchev–Trinajstić information content (AvgIpc) is 2.15. The number of hydrogen-bond acceptors (Lipinski definition) is 2. The number of hydrogen-bond donors (Lipinski definition) is 0. The largest absolute Gasteiger partial charge is 1.00 e. The van der Waals surface area contributed by atoms with E-state index < -0.39 is 0 Å². The fraction of sp³-hybridized carbons (Fsp3) is 0.462. The van der Waals surface area contributed by atoms with Gasteiger partial charge in [-0.2, -0.15) is 0 Å². The highest BCUT2D eigenvalue weighted by atomic mass is 127. The van der Waals surface area contributed by atoms with Crippen molar-refractivity contribution in [3.8, 4) is 5.75 Å². The van der Waals surface area contributed by atoms with E-state index in [9.17, 15) is 4.79 Å². The quantitative estimate of drug-likeness (QED) is 0.511. The summed E-state index contributed by atoms with van der Waals surface area (Å²) < 4.78 is 5.95. The molecule has 1 rings (SSSR count). The Kier molecular flexibility index (Phi) is 6.09. The van der Waals surface area contributed by atoms with Crippen LogP contribution in [0, 0.1) is 6.92 Å². The summed E-state index contributed by atoms with van der Waals surface area (Å²) in [6.07, 6.45) is -0.359. The number of carbonyl (C=O) groups is 1. The molecule has 0 N–H and O–H groups in total. The van der Waals surface area contributed by atoms with Crippen LogP contribution in [0.3, 0.4) is 0 Å². The fourth-order valence-corrected chi connectivity index (χ4v) is 1.64. The molecule has 5 heteroatoms. The number of rotatable bonds is 2. The van der Waals surface area contributed by atoms with E-state index in [1.54, 1.807) is 14.1 Å². The van der Waals surface area contributed by atoms with Crippen molar-refractivity contribution >= 4 is 11.8 Å². The number of quaternary nitrogens is 1. The van der Waals surface area contributed by atoms with Crippen LogP contribution in [0.15, 0.2) is 18.2 Å². The first-order chi connectivity index (χ1) is 7.71. The number of carbonyl (C=O) groups excluding carboxylic acids is 1. The molecular formula is C13H21IN2O2. The monoisotopic (exact) mass is 364 g/mol.